The first-order chi connectivity index (χ1) is 16.4. The number of hydrogen-bond acceptors (Lipinski definition) is 6. The number of piperidine rings is 1. The van der Waals surface area contributed by atoms with Gasteiger partial charge in [0.1, 0.15) is 5.82 Å². The van der Waals surface area contributed by atoms with Gasteiger partial charge in [-0.2, -0.15) is 13.2 Å². The van der Waals surface area contributed by atoms with Crippen molar-refractivity contribution in [2.45, 2.75) is 19.0 Å². The van der Waals surface area contributed by atoms with E-state index < -0.39 is 11.9 Å². The maximum absolute atomic E-state index is 13.0. The van der Waals surface area contributed by atoms with Crippen LogP contribution in [-0.4, -0.2) is 44.1 Å². The van der Waals surface area contributed by atoms with Gasteiger partial charge in [-0.15, -0.1) is 0 Å². The molecule has 0 unspecified atom stereocenters. The summed E-state index contributed by atoms with van der Waals surface area (Å²) >= 11 is 0. The van der Waals surface area contributed by atoms with Gasteiger partial charge in [0, 0.05) is 44.6 Å². The first-order valence-corrected chi connectivity index (χ1v) is 11.2. The molecule has 0 bridgehead atoms. The quantitative estimate of drug-likeness (QED) is 0.456. The Labute approximate surface area is 194 Å². The summed E-state index contributed by atoms with van der Waals surface area (Å²) in [5.41, 5.74) is 0.691. The molecule has 5 rings (SSSR count). The zero-order valence-electron chi connectivity index (χ0n) is 18.6. The largest absolute Gasteiger partial charge is 0.434 e. The maximum Gasteiger partial charge on any atom is 0.434 e. The molecule has 1 aromatic carbocycles. The molecule has 176 valence electrons. The van der Waals surface area contributed by atoms with Crippen molar-refractivity contribution < 1.29 is 13.2 Å². The molecule has 10 heteroatoms. The molecular weight excluding hydrogens is 443 g/mol. The normalized spacial score (nSPS) is 15.1. The van der Waals surface area contributed by atoms with Crippen molar-refractivity contribution in [2.24, 2.45) is 13.0 Å². The van der Waals surface area contributed by atoms with Gasteiger partial charge in [0.05, 0.1) is 5.39 Å². The van der Waals surface area contributed by atoms with Gasteiger partial charge in [-0.25, -0.2) is 19.9 Å². The fourth-order valence-electron chi connectivity index (χ4n) is 4.28. The van der Waals surface area contributed by atoms with Gasteiger partial charge in [0.2, 0.25) is 5.95 Å². The Bertz CT molecular complexity index is 1280. The third kappa shape index (κ3) is 4.52. The first-order valence-electron chi connectivity index (χ1n) is 11.2. The molecule has 1 aliphatic rings. The van der Waals surface area contributed by atoms with Crippen LogP contribution >= 0.6 is 0 Å². The molecule has 3 aromatic heterocycles. The SMILES string of the molecule is Cn1cc(C(F)(F)F)nc1N1CCC(CNc2nc(-c3ccccc3)nc3ncccc23)CC1. The standard InChI is InChI=1S/C24H24F3N7/c1-33-15-19(24(25,26)27)30-23(33)34-12-9-16(10-13-34)14-29-22-18-8-5-11-28-21(18)31-20(32-22)17-6-3-2-4-7-17/h2-8,11,15-16H,9-10,12-14H2,1H3,(H,28,29,31,32). The van der Waals surface area contributed by atoms with E-state index >= 15 is 0 Å². The number of fused-ring (bicyclic) bond motifs is 1. The van der Waals surface area contributed by atoms with Crippen LogP contribution in [0.2, 0.25) is 0 Å². The summed E-state index contributed by atoms with van der Waals surface area (Å²) in [4.78, 5) is 19.5. The van der Waals surface area contributed by atoms with Gasteiger partial charge < -0.3 is 14.8 Å². The number of rotatable bonds is 5. The molecule has 0 saturated carbocycles. The van der Waals surface area contributed by atoms with E-state index in [1.807, 2.05) is 47.4 Å². The lowest BCUT2D eigenvalue weighted by atomic mass is 9.97. The number of anilines is 2. The third-order valence-electron chi connectivity index (χ3n) is 6.10. The highest BCUT2D eigenvalue weighted by Crippen LogP contribution is 2.31. The van der Waals surface area contributed by atoms with Crippen LogP contribution in [0.3, 0.4) is 0 Å². The number of nitrogens with one attached hydrogen (secondary N) is 1. The summed E-state index contributed by atoms with van der Waals surface area (Å²) in [6.07, 6.45) is 0.00104. The summed E-state index contributed by atoms with van der Waals surface area (Å²) in [7, 11) is 1.60. The van der Waals surface area contributed by atoms with E-state index in [9.17, 15) is 13.2 Å². The van der Waals surface area contributed by atoms with Crippen molar-refractivity contribution in [3.63, 3.8) is 0 Å². The topological polar surface area (TPSA) is 71.8 Å². The van der Waals surface area contributed by atoms with Gasteiger partial charge in [0.15, 0.2) is 17.2 Å². The lowest BCUT2D eigenvalue weighted by Gasteiger charge is -2.32. The van der Waals surface area contributed by atoms with Crippen molar-refractivity contribution in [1.29, 1.82) is 0 Å². The molecule has 4 heterocycles. The van der Waals surface area contributed by atoms with Crippen molar-refractivity contribution >= 4 is 22.8 Å². The van der Waals surface area contributed by atoms with Gasteiger partial charge in [-0.05, 0) is 30.9 Å². The van der Waals surface area contributed by atoms with E-state index in [1.54, 1.807) is 13.2 Å². The number of aromatic nitrogens is 5. The van der Waals surface area contributed by atoms with Crippen LogP contribution < -0.4 is 10.2 Å². The smallest absolute Gasteiger partial charge is 0.369 e. The van der Waals surface area contributed by atoms with Crippen LogP contribution in [0.1, 0.15) is 18.5 Å². The molecule has 0 aliphatic carbocycles. The van der Waals surface area contributed by atoms with Gasteiger partial charge in [0.25, 0.3) is 0 Å². The second-order valence-electron chi connectivity index (χ2n) is 8.48. The summed E-state index contributed by atoms with van der Waals surface area (Å²) in [6.45, 7) is 2.00. The molecule has 0 atom stereocenters. The summed E-state index contributed by atoms with van der Waals surface area (Å²) in [5, 5.41) is 4.33. The number of aryl methyl sites for hydroxylation is 1. The number of benzene rings is 1. The maximum atomic E-state index is 13.0. The highest BCUT2D eigenvalue weighted by Gasteiger charge is 2.35. The Hall–Kier alpha value is -3.69. The molecule has 7 nitrogen and oxygen atoms in total. The van der Waals surface area contributed by atoms with Gasteiger partial charge in [-0.3, -0.25) is 0 Å². The molecular formula is C24H24F3N7. The Balaban J connectivity index is 1.28. The van der Waals surface area contributed by atoms with E-state index in [1.165, 1.54) is 4.57 Å². The minimum atomic E-state index is -4.44. The number of alkyl halides is 3. The van der Waals surface area contributed by atoms with Crippen LogP contribution in [0.5, 0.6) is 0 Å². The molecule has 1 fully saturated rings. The van der Waals surface area contributed by atoms with Crippen LogP contribution in [0, 0.1) is 5.92 Å². The van der Waals surface area contributed by atoms with E-state index in [4.69, 9.17) is 4.98 Å². The second kappa shape index (κ2) is 8.92. The highest BCUT2D eigenvalue weighted by molar-refractivity contribution is 5.87. The van der Waals surface area contributed by atoms with Crippen LogP contribution in [-0.2, 0) is 13.2 Å². The van der Waals surface area contributed by atoms with Gasteiger partial charge in [-0.1, -0.05) is 30.3 Å². The molecule has 34 heavy (non-hydrogen) atoms. The van der Waals surface area contributed by atoms with Crippen LogP contribution in [0.4, 0.5) is 24.9 Å². The third-order valence-corrected chi connectivity index (χ3v) is 6.10. The number of hydrogen-bond donors (Lipinski definition) is 1. The minimum absolute atomic E-state index is 0.360. The molecule has 0 spiro atoms. The van der Waals surface area contributed by atoms with Crippen molar-refractivity contribution in [3.05, 3.63) is 60.6 Å². The lowest BCUT2D eigenvalue weighted by molar-refractivity contribution is -0.140. The fourth-order valence-corrected chi connectivity index (χ4v) is 4.28. The van der Waals surface area contributed by atoms with Crippen LogP contribution in [0.25, 0.3) is 22.4 Å². The zero-order chi connectivity index (χ0) is 23.7. The predicted octanol–water partition coefficient (Wildman–Crippen LogP) is 4.77. The summed E-state index contributed by atoms with van der Waals surface area (Å²) < 4.78 is 40.5. The number of nitrogens with zero attached hydrogens (tertiary/aromatic N) is 6. The second-order valence-corrected chi connectivity index (χ2v) is 8.48. The Morgan fingerprint density at radius 3 is 2.47 bits per heavy atom. The van der Waals surface area contributed by atoms with Gasteiger partial charge >= 0.3 is 6.18 Å². The van der Waals surface area contributed by atoms with E-state index in [0.29, 0.717) is 43.0 Å². The van der Waals surface area contributed by atoms with Crippen molar-refractivity contribution in [1.82, 2.24) is 24.5 Å². The number of pyridine rings is 1. The Kier molecular flexibility index (Phi) is 5.80. The number of halogens is 3. The molecule has 4 aromatic rings. The average Bonchev–Trinajstić information content (AvgIpc) is 3.25. The van der Waals surface area contributed by atoms with Crippen molar-refractivity contribution in [3.8, 4) is 11.4 Å². The number of imidazole rings is 1. The first kappa shape index (κ1) is 22.1. The van der Waals surface area contributed by atoms with E-state index in [2.05, 4.69) is 20.3 Å². The van der Waals surface area contributed by atoms with Crippen molar-refractivity contribution in [2.75, 3.05) is 29.9 Å². The van der Waals surface area contributed by atoms with E-state index in [0.717, 1.165) is 35.8 Å². The average molecular weight is 467 g/mol. The predicted molar refractivity (Wildman–Crippen MR) is 124 cm³/mol. The van der Waals surface area contributed by atoms with E-state index in [-0.39, 0.29) is 0 Å². The molecule has 0 radical (unpaired) electrons. The Morgan fingerprint density at radius 2 is 1.76 bits per heavy atom. The molecule has 0 amide bonds. The Morgan fingerprint density at radius 1 is 1.00 bits per heavy atom. The highest BCUT2D eigenvalue weighted by atomic mass is 19.4. The summed E-state index contributed by atoms with van der Waals surface area (Å²) in [6, 6.07) is 13.6. The van der Waals surface area contributed by atoms with Crippen LogP contribution in [0.15, 0.2) is 54.9 Å². The summed E-state index contributed by atoms with van der Waals surface area (Å²) in [5.74, 6) is 2.07. The monoisotopic (exact) mass is 467 g/mol. The molecule has 1 N–H and O–H groups in total. The lowest BCUT2D eigenvalue weighted by Crippen LogP contribution is -2.37. The fraction of sp³-hybridized carbons (Fsp3) is 0.333. The molecule has 1 aliphatic heterocycles. The minimum Gasteiger partial charge on any atom is -0.369 e. The molecule has 1 saturated heterocycles. The zero-order valence-corrected chi connectivity index (χ0v) is 18.6.